The highest BCUT2D eigenvalue weighted by Gasteiger charge is 2.46. The van der Waals surface area contributed by atoms with Crippen LogP contribution < -0.4 is 10.2 Å². The zero-order valence-corrected chi connectivity index (χ0v) is 16.4. The van der Waals surface area contributed by atoms with Gasteiger partial charge in [-0.3, -0.25) is 9.88 Å². The average molecular weight is 419 g/mol. The van der Waals surface area contributed by atoms with Crippen LogP contribution in [0.1, 0.15) is 18.5 Å². The van der Waals surface area contributed by atoms with Crippen LogP contribution in [-0.2, 0) is 10.2 Å². The summed E-state index contributed by atoms with van der Waals surface area (Å²) < 4.78 is 25.0. The van der Waals surface area contributed by atoms with Crippen LogP contribution in [0.2, 0.25) is 0 Å². The number of nitriles is 1. The molecule has 0 spiro atoms. The van der Waals surface area contributed by atoms with E-state index >= 15 is 0 Å². The summed E-state index contributed by atoms with van der Waals surface area (Å²) in [4.78, 5) is 18.0. The van der Waals surface area contributed by atoms with Crippen LogP contribution in [0, 0.1) is 17.1 Å². The number of hydrogen-bond donors (Lipinski definition) is 1. The number of rotatable bonds is 6. The molecule has 3 heterocycles. The highest BCUT2D eigenvalue weighted by Crippen LogP contribution is 2.46. The second-order valence-electron chi connectivity index (χ2n) is 7.67. The number of amides is 1. The third-order valence-electron chi connectivity index (χ3n) is 5.62. The molecule has 1 aromatic carbocycles. The standard InChI is InChI=1S/C22H18FN5O3/c23-18-9-15(28-12-16(31-21(28)29)11-26-20-5-8-30-27-20)2-3-17(18)14-1-4-19(25-10-14)22(13-24)6-7-22/h1-5,8-10,16H,6-7,11-12H2,(H,26,27)/t16-/m1/s1. The quantitative estimate of drug-likeness (QED) is 0.647. The fourth-order valence-corrected chi connectivity index (χ4v) is 3.65. The Balaban J connectivity index is 1.29. The van der Waals surface area contributed by atoms with Gasteiger partial charge in [0, 0.05) is 23.4 Å². The Morgan fingerprint density at radius 1 is 1.29 bits per heavy atom. The summed E-state index contributed by atoms with van der Waals surface area (Å²) in [5.41, 5.74) is 1.65. The van der Waals surface area contributed by atoms with Crippen molar-refractivity contribution in [1.82, 2.24) is 10.1 Å². The number of hydrogen-bond acceptors (Lipinski definition) is 7. The predicted octanol–water partition coefficient (Wildman–Crippen LogP) is 3.87. The largest absolute Gasteiger partial charge is 0.442 e. The minimum Gasteiger partial charge on any atom is -0.442 e. The van der Waals surface area contributed by atoms with E-state index in [0.29, 0.717) is 29.2 Å². The first-order valence-electron chi connectivity index (χ1n) is 9.88. The van der Waals surface area contributed by atoms with E-state index in [2.05, 4.69) is 21.5 Å². The fourth-order valence-electron chi connectivity index (χ4n) is 3.65. The van der Waals surface area contributed by atoms with Crippen molar-refractivity contribution in [2.24, 2.45) is 0 Å². The Morgan fingerprint density at radius 2 is 2.16 bits per heavy atom. The number of carbonyl (C=O) groups is 1. The average Bonchev–Trinajstić information content (AvgIpc) is 3.23. The summed E-state index contributed by atoms with van der Waals surface area (Å²) >= 11 is 0. The number of anilines is 2. The molecule has 2 fully saturated rings. The molecule has 1 saturated carbocycles. The van der Waals surface area contributed by atoms with Gasteiger partial charge < -0.3 is 14.6 Å². The molecule has 1 atom stereocenters. The summed E-state index contributed by atoms with van der Waals surface area (Å²) in [7, 11) is 0. The zero-order valence-electron chi connectivity index (χ0n) is 16.4. The first-order chi connectivity index (χ1) is 15.1. The van der Waals surface area contributed by atoms with Crippen LogP contribution in [0.25, 0.3) is 11.1 Å². The second kappa shape index (κ2) is 7.40. The van der Waals surface area contributed by atoms with Crippen molar-refractivity contribution in [1.29, 1.82) is 5.26 Å². The molecular weight excluding hydrogens is 401 g/mol. The Hall–Kier alpha value is -3.93. The topological polar surface area (TPSA) is 104 Å². The molecule has 5 rings (SSSR count). The normalized spacial score (nSPS) is 19.0. The molecule has 3 aromatic rings. The molecule has 156 valence electrons. The third-order valence-corrected chi connectivity index (χ3v) is 5.62. The summed E-state index contributed by atoms with van der Waals surface area (Å²) in [6.07, 6.45) is 3.70. The number of nitrogens with one attached hydrogen (secondary N) is 1. The van der Waals surface area contributed by atoms with Gasteiger partial charge in [0.25, 0.3) is 0 Å². The highest BCUT2D eigenvalue weighted by molar-refractivity contribution is 5.90. The van der Waals surface area contributed by atoms with Gasteiger partial charge in [0.2, 0.25) is 0 Å². The summed E-state index contributed by atoms with van der Waals surface area (Å²) in [5.74, 6) is 0.0809. The van der Waals surface area contributed by atoms with Gasteiger partial charge >= 0.3 is 6.09 Å². The van der Waals surface area contributed by atoms with Gasteiger partial charge in [0.15, 0.2) is 5.82 Å². The summed E-state index contributed by atoms with van der Waals surface area (Å²) in [5, 5.41) is 16.0. The molecule has 9 heteroatoms. The lowest BCUT2D eigenvalue weighted by molar-refractivity contribution is 0.147. The number of cyclic esters (lactones) is 1. The smallest absolute Gasteiger partial charge is 0.414 e. The van der Waals surface area contributed by atoms with Crippen LogP contribution in [0.4, 0.5) is 20.7 Å². The number of aromatic nitrogens is 2. The lowest BCUT2D eigenvalue weighted by atomic mass is 10.0. The van der Waals surface area contributed by atoms with Gasteiger partial charge in [-0.1, -0.05) is 11.2 Å². The van der Waals surface area contributed by atoms with Crippen LogP contribution in [0.3, 0.4) is 0 Å². The molecule has 2 aliphatic rings. The fraction of sp³-hybridized carbons (Fsp3) is 0.273. The first kappa shape index (κ1) is 19.1. The molecule has 1 aliphatic carbocycles. The van der Waals surface area contributed by atoms with E-state index in [1.807, 2.05) is 0 Å². The van der Waals surface area contributed by atoms with E-state index in [9.17, 15) is 14.4 Å². The number of nitrogens with zero attached hydrogens (tertiary/aromatic N) is 4. The maximum atomic E-state index is 14.9. The summed E-state index contributed by atoms with van der Waals surface area (Å²) in [6.45, 7) is 0.645. The number of halogens is 1. The van der Waals surface area contributed by atoms with Crippen molar-refractivity contribution in [3.05, 3.63) is 60.4 Å². The van der Waals surface area contributed by atoms with Gasteiger partial charge in [-0.05, 0) is 37.1 Å². The van der Waals surface area contributed by atoms with E-state index in [4.69, 9.17) is 9.26 Å². The van der Waals surface area contributed by atoms with Gasteiger partial charge in [-0.2, -0.15) is 5.26 Å². The molecule has 31 heavy (non-hydrogen) atoms. The number of benzene rings is 1. The zero-order chi connectivity index (χ0) is 21.4. The lowest BCUT2D eigenvalue weighted by Crippen LogP contribution is -2.27. The van der Waals surface area contributed by atoms with Crippen molar-refractivity contribution in [2.45, 2.75) is 24.4 Å². The van der Waals surface area contributed by atoms with Crippen LogP contribution >= 0.6 is 0 Å². The maximum absolute atomic E-state index is 14.9. The van der Waals surface area contributed by atoms with Crippen molar-refractivity contribution in [3.8, 4) is 17.2 Å². The van der Waals surface area contributed by atoms with Gasteiger partial charge in [0.1, 0.15) is 18.2 Å². The number of pyridine rings is 1. The van der Waals surface area contributed by atoms with Crippen LogP contribution in [0.5, 0.6) is 0 Å². The molecule has 1 amide bonds. The SMILES string of the molecule is N#CC1(c2ccc(-c3ccc(N4C[C@@H](CNc5ccon5)OC4=O)cc3F)cn2)CC1. The Bertz CT molecular complexity index is 1150. The van der Waals surface area contributed by atoms with Gasteiger partial charge in [-0.15, -0.1) is 0 Å². The summed E-state index contributed by atoms with van der Waals surface area (Å²) in [6, 6.07) is 12.1. The first-order valence-corrected chi connectivity index (χ1v) is 9.88. The number of carbonyl (C=O) groups excluding carboxylic acids is 1. The van der Waals surface area contributed by atoms with Crippen molar-refractivity contribution < 1.29 is 18.4 Å². The third kappa shape index (κ3) is 3.57. The molecule has 0 radical (unpaired) electrons. The molecule has 1 saturated heterocycles. The van der Waals surface area contributed by atoms with Gasteiger partial charge in [-0.25, -0.2) is 9.18 Å². The number of ether oxygens (including phenoxy) is 1. The molecule has 8 nitrogen and oxygen atoms in total. The van der Waals surface area contributed by atoms with Crippen LogP contribution in [0.15, 0.2) is 53.4 Å². The molecular formula is C22H18FN5O3. The van der Waals surface area contributed by atoms with Crippen molar-refractivity contribution >= 4 is 17.6 Å². The Labute approximate surface area is 177 Å². The highest BCUT2D eigenvalue weighted by atomic mass is 19.1. The molecule has 0 unspecified atom stereocenters. The molecule has 1 aliphatic heterocycles. The molecule has 1 N–H and O–H groups in total. The maximum Gasteiger partial charge on any atom is 0.414 e. The Morgan fingerprint density at radius 3 is 2.81 bits per heavy atom. The molecule has 0 bridgehead atoms. The van der Waals surface area contributed by atoms with E-state index in [0.717, 1.165) is 18.5 Å². The second-order valence-corrected chi connectivity index (χ2v) is 7.67. The predicted molar refractivity (Wildman–Crippen MR) is 109 cm³/mol. The van der Waals surface area contributed by atoms with E-state index in [-0.39, 0.29) is 6.54 Å². The lowest BCUT2D eigenvalue weighted by Gasteiger charge is -2.15. The van der Waals surface area contributed by atoms with Gasteiger partial charge in [0.05, 0.1) is 36.0 Å². The minimum absolute atomic E-state index is 0.287. The van der Waals surface area contributed by atoms with E-state index in [1.165, 1.54) is 17.2 Å². The monoisotopic (exact) mass is 419 g/mol. The van der Waals surface area contributed by atoms with Crippen molar-refractivity contribution in [2.75, 3.05) is 23.3 Å². The molecule has 2 aromatic heterocycles. The Kier molecular flexibility index (Phi) is 4.55. The van der Waals surface area contributed by atoms with E-state index < -0.39 is 23.4 Å². The van der Waals surface area contributed by atoms with Crippen LogP contribution in [-0.4, -0.2) is 35.4 Å². The van der Waals surface area contributed by atoms with E-state index in [1.54, 1.807) is 36.5 Å². The minimum atomic E-state index is -0.531. The van der Waals surface area contributed by atoms with Crippen molar-refractivity contribution in [3.63, 3.8) is 0 Å².